The first-order chi connectivity index (χ1) is 9.72. The number of pyridine rings is 1. The maximum absolute atomic E-state index is 13.0. The number of halogens is 5. The van der Waals surface area contributed by atoms with E-state index in [1.165, 1.54) is 6.92 Å². The third kappa shape index (κ3) is 4.02. The van der Waals surface area contributed by atoms with E-state index >= 15 is 0 Å². The van der Waals surface area contributed by atoms with Crippen LogP contribution in [0.3, 0.4) is 0 Å². The molecule has 0 aromatic carbocycles. The molecular formula is C12H12F5NO3. The van der Waals surface area contributed by atoms with Crippen LogP contribution in [0, 0.1) is 0 Å². The smallest absolute Gasteiger partial charge is 0.422 e. The maximum Gasteiger partial charge on any atom is 0.422 e. The van der Waals surface area contributed by atoms with Crippen LogP contribution in [0.5, 0.6) is 5.88 Å². The Labute approximate surface area is 116 Å². The normalized spacial score (nSPS) is 11.6. The van der Waals surface area contributed by atoms with Crippen LogP contribution in [-0.2, 0) is 22.1 Å². The summed E-state index contributed by atoms with van der Waals surface area (Å²) < 4.78 is 73.9. The van der Waals surface area contributed by atoms with Crippen LogP contribution in [0.1, 0.15) is 30.0 Å². The molecule has 1 aromatic rings. The highest BCUT2D eigenvalue weighted by molar-refractivity contribution is 5.73. The minimum atomic E-state index is -5.09. The molecule has 4 nitrogen and oxygen atoms in total. The molecule has 1 aromatic heterocycles. The lowest BCUT2D eigenvalue weighted by Crippen LogP contribution is -2.17. The van der Waals surface area contributed by atoms with E-state index in [0.29, 0.717) is 0 Å². The Balaban J connectivity index is 3.43. The molecule has 0 N–H and O–H groups in total. The van der Waals surface area contributed by atoms with Crippen LogP contribution in [-0.4, -0.2) is 24.7 Å². The van der Waals surface area contributed by atoms with Gasteiger partial charge in [-0.25, -0.2) is 13.8 Å². The number of carbonyl (C=O) groups is 1. The first kappa shape index (κ1) is 17.1. The van der Waals surface area contributed by atoms with Crippen molar-refractivity contribution in [1.29, 1.82) is 0 Å². The lowest BCUT2D eigenvalue weighted by Gasteiger charge is -2.18. The summed E-state index contributed by atoms with van der Waals surface area (Å²) in [7, 11) is 0.887. The topological polar surface area (TPSA) is 48.4 Å². The van der Waals surface area contributed by atoms with E-state index in [1.54, 1.807) is 0 Å². The molecule has 0 aliphatic rings. The van der Waals surface area contributed by atoms with Crippen molar-refractivity contribution in [3.05, 3.63) is 22.9 Å². The Kier molecular flexibility index (Phi) is 5.45. The Morgan fingerprint density at radius 3 is 2.43 bits per heavy atom. The van der Waals surface area contributed by atoms with E-state index in [4.69, 9.17) is 0 Å². The molecule has 0 spiro atoms. The summed E-state index contributed by atoms with van der Waals surface area (Å²) in [6, 6.07) is 0. The van der Waals surface area contributed by atoms with Crippen molar-refractivity contribution in [3.8, 4) is 5.88 Å². The van der Waals surface area contributed by atoms with Gasteiger partial charge in [0.05, 0.1) is 20.1 Å². The fourth-order valence-electron chi connectivity index (χ4n) is 1.73. The monoisotopic (exact) mass is 313 g/mol. The van der Waals surface area contributed by atoms with Gasteiger partial charge in [0.1, 0.15) is 5.56 Å². The van der Waals surface area contributed by atoms with Gasteiger partial charge in [-0.2, -0.15) is 13.2 Å². The van der Waals surface area contributed by atoms with Crippen LogP contribution in [0.25, 0.3) is 0 Å². The fraction of sp³-hybridized carbons (Fsp3) is 0.500. The summed E-state index contributed by atoms with van der Waals surface area (Å²) in [4.78, 5) is 14.6. The molecule has 0 atom stereocenters. The van der Waals surface area contributed by atoms with Crippen molar-refractivity contribution in [3.63, 3.8) is 0 Å². The highest BCUT2D eigenvalue weighted by atomic mass is 19.4. The molecule has 0 aliphatic carbocycles. The maximum atomic E-state index is 13.0. The van der Waals surface area contributed by atoms with Gasteiger partial charge in [0.15, 0.2) is 0 Å². The van der Waals surface area contributed by atoms with Gasteiger partial charge < -0.3 is 9.47 Å². The number of methoxy groups -OCH3 is 1. The zero-order valence-corrected chi connectivity index (χ0v) is 11.1. The molecule has 0 amide bonds. The number of alkyl halides is 5. The zero-order valence-electron chi connectivity index (χ0n) is 11.1. The van der Waals surface area contributed by atoms with Gasteiger partial charge in [-0.05, 0) is 12.5 Å². The van der Waals surface area contributed by atoms with Crippen LogP contribution in [0.2, 0.25) is 0 Å². The number of rotatable bonds is 5. The Hall–Kier alpha value is -1.93. The number of carbonyl (C=O) groups excluding carboxylic acids is 1. The molecule has 0 saturated heterocycles. The minimum absolute atomic E-state index is 0.0153. The van der Waals surface area contributed by atoms with Gasteiger partial charge in [-0.15, -0.1) is 0 Å². The summed E-state index contributed by atoms with van der Waals surface area (Å²) in [6.07, 6.45) is -8.50. The molecule has 0 saturated carbocycles. The molecule has 0 aliphatic heterocycles. The number of hydrogen-bond acceptors (Lipinski definition) is 4. The molecule has 118 valence electrons. The quantitative estimate of drug-likeness (QED) is 0.619. The van der Waals surface area contributed by atoms with E-state index in [9.17, 15) is 26.7 Å². The minimum Gasteiger partial charge on any atom is -0.481 e. The third-order valence-electron chi connectivity index (χ3n) is 2.50. The van der Waals surface area contributed by atoms with Crippen molar-refractivity contribution in [2.75, 3.05) is 13.7 Å². The van der Waals surface area contributed by atoms with Gasteiger partial charge in [-0.3, -0.25) is 4.79 Å². The van der Waals surface area contributed by atoms with Crippen molar-refractivity contribution >= 4 is 5.97 Å². The zero-order chi connectivity index (χ0) is 16.2. The van der Waals surface area contributed by atoms with Crippen LogP contribution >= 0.6 is 0 Å². The van der Waals surface area contributed by atoms with Gasteiger partial charge in [0.25, 0.3) is 6.43 Å². The lowest BCUT2D eigenvalue weighted by atomic mass is 10.0. The van der Waals surface area contributed by atoms with Gasteiger partial charge >= 0.3 is 12.1 Å². The standard InChI is InChI=1S/C12H12F5NO3/c1-3-21-7(19)4-6-5-18-11(20-2)9(12(15,16)17)8(6)10(13)14/h5,10H,3-4H2,1-2H3. The van der Waals surface area contributed by atoms with Crippen molar-refractivity contribution < 1.29 is 36.2 Å². The van der Waals surface area contributed by atoms with Crippen molar-refractivity contribution in [1.82, 2.24) is 4.98 Å². The molecule has 1 heterocycles. The van der Waals surface area contributed by atoms with E-state index in [-0.39, 0.29) is 6.61 Å². The fourth-order valence-corrected chi connectivity index (χ4v) is 1.73. The SMILES string of the molecule is CCOC(=O)Cc1cnc(OC)c(C(F)(F)F)c1C(F)F. The van der Waals surface area contributed by atoms with Gasteiger partial charge in [0, 0.05) is 11.8 Å². The van der Waals surface area contributed by atoms with Crippen molar-refractivity contribution in [2.24, 2.45) is 0 Å². The second-order valence-electron chi connectivity index (χ2n) is 3.86. The largest absolute Gasteiger partial charge is 0.481 e. The molecule has 0 radical (unpaired) electrons. The Morgan fingerprint density at radius 2 is 2.00 bits per heavy atom. The van der Waals surface area contributed by atoms with Gasteiger partial charge in [-0.1, -0.05) is 0 Å². The van der Waals surface area contributed by atoms with E-state index in [0.717, 1.165) is 13.3 Å². The summed E-state index contributed by atoms with van der Waals surface area (Å²) in [5.41, 5.74) is -3.54. The molecule has 9 heteroatoms. The predicted molar refractivity (Wildman–Crippen MR) is 61.1 cm³/mol. The Morgan fingerprint density at radius 1 is 1.38 bits per heavy atom. The number of nitrogens with zero attached hydrogens (tertiary/aromatic N) is 1. The Bertz CT molecular complexity index is 516. The number of aromatic nitrogens is 1. The van der Waals surface area contributed by atoms with E-state index in [2.05, 4.69) is 14.5 Å². The highest BCUT2D eigenvalue weighted by Crippen LogP contribution is 2.42. The molecule has 21 heavy (non-hydrogen) atoms. The number of ether oxygens (including phenoxy) is 2. The highest BCUT2D eigenvalue weighted by Gasteiger charge is 2.41. The number of esters is 1. The van der Waals surface area contributed by atoms with Crippen molar-refractivity contribution in [2.45, 2.75) is 25.9 Å². The van der Waals surface area contributed by atoms with E-state index in [1.807, 2.05) is 0 Å². The molecule has 0 fully saturated rings. The average Bonchev–Trinajstić information content (AvgIpc) is 2.36. The predicted octanol–water partition coefficient (Wildman–Crippen LogP) is 3.15. The molecule has 0 unspecified atom stereocenters. The van der Waals surface area contributed by atoms with Crippen LogP contribution in [0.15, 0.2) is 6.20 Å². The van der Waals surface area contributed by atoms with Gasteiger partial charge in [0.2, 0.25) is 5.88 Å². The summed E-state index contributed by atoms with van der Waals surface area (Å²) in [5, 5.41) is 0. The van der Waals surface area contributed by atoms with Crippen LogP contribution in [0.4, 0.5) is 22.0 Å². The molecule has 0 bridgehead atoms. The third-order valence-corrected chi connectivity index (χ3v) is 2.50. The summed E-state index contributed by atoms with van der Waals surface area (Å²) in [5.74, 6) is -1.88. The number of hydrogen-bond donors (Lipinski definition) is 0. The van der Waals surface area contributed by atoms with E-state index < -0.39 is 47.6 Å². The molecule has 1 rings (SSSR count). The summed E-state index contributed by atoms with van der Waals surface area (Å²) >= 11 is 0. The first-order valence-corrected chi connectivity index (χ1v) is 5.79. The molecular weight excluding hydrogens is 301 g/mol. The summed E-state index contributed by atoms with van der Waals surface area (Å²) in [6.45, 7) is 1.47. The lowest BCUT2D eigenvalue weighted by molar-refractivity contribution is -0.143. The van der Waals surface area contributed by atoms with Crippen LogP contribution < -0.4 is 4.74 Å². The first-order valence-electron chi connectivity index (χ1n) is 5.79. The average molecular weight is 313 g/mol. The second kappa shape index (κ2) is 6.68. The second-order valence-corrected chi connectivity index (χ2v) is 3.86.